The monoisotopic (exact) mass is 445 g/mol. The Labute approximate surface area is 184 Å². The minimum absolute atomic E-state index is 0.196. The summed E-state index contributed by atoms with van der Waals surface area (Å²) in [6.45, 7) is 7.42. The maximum atomic E-state index is 12.7. The summed E-state index contributed by atoms with van der Waals surface area (Å²) in [5.74, 6) is 0.196. The minimum atomic E-state index is 0.196. The Bertz CT molecular complexity index is 995. The predicted octanol–water partition coefficient (Wildman–Crippen LogP) is 5.34. The molecule has 1 amide bonds. The van der Waals surface area contributed by atoms with Gasteiger partial charge in [0.25, 0.3) is 0 Å². The summed E-state index contributed by atoms with van der Waals surface area (Å²) < 4.78 is 1.10. The molecule has 1 aliphatic heterocycles. The second kappa shape index (κ2) is 8.94. The Hall–Kier alpha value is -1.76. The van der Waals surface area contributed by atoms with Gasteiger partial charge in [0.2, 0.25) is 5.91 Å². The van der Waals surface area contributed by atoms with Crippen molar-refractivity contribution in [3.63, 3.8) is 0 Å². The van der Waals surface area contributed by atoms with Crippen LogP contribution in [0.1, 0.15) is 19.4 Å². The number of nitrogens with zero attached hydrogens (tertiary/aromatic N) is 3. The van der Waals surface area contributed by atoms with Gasteiger partial charge in [-0.3, -0.25) is 4.79 Å². The van der Waals surface area contributed by atoms with E-state index in [2.05, 4.69) is 43.0 Å². The fourth-order valence-electron chi connectivity index (χ4n) is 3.43. The summed E-state index contributed by atoms with van der Waals surface area (Å²) in [4.78, 5) is 22.9. The van der Waals surface area contributed by atoms with Crippen molar-refractivity contribution in [1.82, 2.24) is 9.88 Å². The summed E-state index contributed by atoms with van der Waals surface area (Å²) in [6, 6.07) is 14.3. The van der Waals surface area contributed by atoms with E-state index in [4.69, 9.17) is 16.6 Å². The van der Waals surface area contributed by atoms with Gasteiger partial charge in [-0.15, -0.1) is 11.8 Å². The van der Waals surface area contributed by atoms with Crippen molar-refractivity contribution in [2.24, 2.45) is 0 Å². The number of aromatic nitrogens is 1. The van der Waals surface area contributed by atoms with Gasteiger partial charge in [-0.25, -0.2) is 4.98 Å². The number of thiazole rings is 1. The minimum Gasteiger partial charge on any atom is -0.345 e. The lowest BCUT2D eigenvalue weighted by Gasteiger charge is -2.34. The number of thioether (sulfide) groups is 1. The van der Waals surface area contributed by atoms with E-state index < -0.39 is 0 Å². The van der Waals surface area contributed by atoms with E-state index in [0.717, 1.165) is 47.1 Å². The Balaban J connectivity index is 1.34. The molecule has 0 saturated carbocycles. The average molecular weight is 446 g/mol. The van der Waals surface area contributed by atoms with Crippen LogP contribution in [0, 0.1) is 0 Å². The number of para-hydroxylation sites is 1. The molecule has 0 N–H and O–H groups in total. The summed E-state index contributed by atoms with van der Waals surface area (Å²) >= 11 is 9.76. The van der Waals surface area contributed by atoms with Crippen LogP contribution in [0.15, 0.2) is 47.4 Å². The van der Waals surface area contributed by atoms with E-state index in [0.29, 0.717) is 16.7 Å². The number of piperazine rings is 1. The van der Waals surface area contributed by atoms with Crippen molar-refractivity contribution in [2.45, 2.75) is 30.4 Å². The van der Waals surface area contributed by atoms with Crippen molar-refractivity contribution in [1.29, 1.82) is 0 Å². The molecule has 1 saturated heterocycles. The first kappa shape index (κ1) is 20.5. The normalized spacial score (nSPS) is 14.8. The number of hydrogen-bond donors (Lipinski definition) is 0. The number of benzene rings is 2. The largest absolute Gasteiger partial charge is 0.345 e. The molecule has 0 unspecified atom stereocenters. The smallest absolute Gasteiger partial charge is 0.227 e. The van der Waals surface area contributed by atoms with Crippen molar-refractivity contribution in [2.75, 3.05) is 31.1 Å². The lowest BCUT2D eigenvalue weighted by molar-refractivity contribution is -0.130. The van der Waals surface area contributed by atoms with Crippen molar-refractivity contribution in [3.8, 4) is 0 Å². The zero-order valence-electron chi connectivity index (χ0n) is 16.6. The summed E-state index contributed by atoms with van der Waals surface area (Å²) in [5, 5.41) is 2.24. The summed E-state index contributed by atoms with van der Waals surface area (Å²) in [5.41, 5.74) is 1.94. The molecule has 4 rings (SSSR count). The van der Waals surface area contributed by atoms with Crippen LogP contribution in [-0.4, -0.2) is 47.2 Å². The Morgan fingerprint density at radius 2 is 1.86 bits per heavy atom. The second-order valence-corrected chi connectivity index (χ2v) is 10.5. The van der Waals surface area contributed by atoms with Crippen LogP contribution in [0.5, 0.6) is 0 Å². The number of halogens is 1. The van der Waals surface area contributed by atoms with Gasteiger partial charge in [0.1, 0.15) is 5.52 Å². The van der Waals surface area contributed by atoms with E-state index in [9.17, 15) is 4.79 Å². The number of fused-ring (bicyclic) bond motifs is 1. The number of hydrogen-bond acceptors (Lipinski definition) is 5. The molecule has 29 heavy (non-hydrogen) atoms. The van der Waals surface area contributed by atoms with E-state index >= 15 is 0 Å². The topological polar surface area (TPSA) is 36.4 Å². The summed E-state index contributed by atoms with van der Waals surface area (Å²) in [7, 11) is 0. The molecule has 0 atom stereocenters. The number of anilines is 1. The van der Waals surface area contributed by atoms with Gasteiger partial charge in [0.05, 0.1) is 16.1 Å². The Kier molecular flexibility index (Phi) is 6.32. The molecule has 2 heterocycles. The molecule has 152 valence electrons. The number of carbonyl (C=O) groups is 1. The van der Waals surface area contributed by atoms with Gasteiger partial charge in [-0.2, -0.15) is 0 Å². The molecule has 1 aromatic heterocycles. The van der Waals surface area contributed by atoms with Crippen molar-refractivity contribution in [3.05, 3.63) is 53.1 Å². The van der Waals surface area contributed by atoms with Crippen LogP contribution >= 0.6 is 34.7 Å². The van der Waals surface area contributed by atoms with Crippen LogP contribution in [-0.2, 0) is 11.2 Å². The fourth-order valence-corrected chi connectivity index (χ4v) is 5.58. The fraction of sp³-hybridized carbons (Fsp3) is 0.364. The molecule has 2 aromatic carbocycles. The average Bonchev–Trinajstić information content (AvgIpc) is 3.15. The first-order valence-corrected chi connectivity index (χ1v) is 11.9. The van der Waals surface area contributed by atoms with Gasteiger partial charge < -0.3 is 9.80 Å². The van der Waals surface area contributed by atoms with E-state index in [1.165, 1.54) is 4.90 Å². The standard InChI is InChI=1S/C22H24ClN3OS2/c1-15(2)28-17-8-6-16(7-9-17)14-20(27)25-10-12-26(13-11-25)22-24-21-18(23)4-3-5-19(21)29-22/h3-9,15H,10-14H2,1-2H3. The molecule has 4 nitrogen and oxygen atoms in total. The maximum Gasteiger partial charge on any atom is 0.227 e. The lowest BCUT2D eigenvalue weighted by Crippen LogP contribution is -2.49. The number of amides is 1. The molecule has 1 fully saturated rings. The van der Waals surface area contributed by atoms with Crippen molar-refractivity contribution < 1.29 is 4.79 Å². The van der Waals surface area contributed by atoms with Crippen LogP contribution < -0.4 is 4.90 Å². The predicted molar refractivity (Wildman–Crippen MR) is 125 cm³/mol. The zero-order chi connectivity index (χ0) is 20.4. The molecular formula is C22H24ClN3OS2. The molecule has 0 spiro atoms. The first-order valence-electron chi connectivity index (χ1n) is 9.83. The number of carbonyl (C=O) groups excluding carboxylic acids is 1. The van der Waals surface area contributed by atoms with Crippen LogP contribution in [0.4, 0.5) is 5.13 Å². The highest BCUT2D eigenvalue weighted by Crippen LogP contribution is 2.33. The molecule has 3 aromatic rings. The third kappa shape index (κ3) is 4.87. The van der Waals surface area contributed by atoms with E-state index in [-0.39, 0.29) is 5.91 Å². The van der Waals surface area contributed by atoms with E-state index in [1.54, 1.807) is 11.3 Å². The van der Waals surface area contributed by atoms with Gasteiger partial charge in [-0.05, 0) is 29.8 Å². The third-order valence-electron chi connectivity index (χ3n) is 4.91. The third-order valence-corrected chi connectivity index (χ3v) is 7.31. The molecular weight excluding hydrogens is 422 g/mol. The van der Waals surface area contributed by atoms with Gasteiger partial charge >= 0.3 is 0 Å². The highest BCUT2D eigenvalue weighted by Gasteiger charge is 2.23. The SMILES string of the molecule is CC(C)Sc1ccc(CC(=O)N2CCN(c3nc4c(Cl)cccc4s3)CC2)cc1. The first-order chi connectivity index (χ1) is 14.0. The number of rotatable bonds is 5. The van der Waals surface area contributed by atoms with Gasteiger partial charge in [-0.1, -0.05) is 55.0 Å². The Morgan fingerprint density at radius 3 is 2.52 bits per heavy atom. The van der Waals surface area contributed by atoms with Crippen LogP contribution in [0.2, 0.25) is 5.02 Å². The molecule has 0 aliphatic carbocycles. The molecule has 0 radical (unpaired) electrons. The highest BCUT2D eigenvalue weighted by atomic mass is 35.5. The highest BCUT2D eigenvalue weighted by molar-refractivity contribution is 7.99. The summed E-state index contributed by atoms with van der Waals surface area (Å²) in [6.07, 6.45) is 0.462. The molecule has 1 aliphatic rings. The Morgan fingerprint density at radius 1 is 1.14 bits per heavy atom. The van der Waals surface area contributed by atoms with E-state index in [1.807, 2.05) is 34.9 Å². The second-order valence-electron chi connectivity index (χ2n) is 7.44. The van der Waals surface area contributed by atoms with Crippen LogP contribution in [0.3, 0.4) is 0 Å². The molecule has 7 heteroatoms. The maximum absolute atomic E-state index is 12.7. The van der Waals surface area contributed by atoms with Crippen molar-refractivity contribution >= 4 is 56.0 Å². The lowest BCUT2D eigenvalue weighted by atomic mass is 10.1. The van der Waals surface area contributed by atoms with Gasteiger partial charge in [0, 0.05) is 36.3 Å². The molecule has 0 bridgehead atoms. The quantitative estimate of drug-likeness (QED) is 0.496. The van der Waals surface area contributed by atoms with Gasteiger partial charge in [0.15, 0.2) is 5.13 Å². The van der Waals surface area contributed by atoms with Crippen LogP contribution in [0.25, 0.3) is 10.2 Å². The zero-order valence-corrected chi connectivity index (χ0v) is 19.0.